The molecule has 10 heteroatoms. The predicted octanol–water partition coefficient (Wildman–Crippen LogP) is 0.726. The molecule has 142 valence electrons. The molecule has 0 N–H and O–H groups in total. The summed E-state index contributed by atoms with van der Waals surface area (Å²) in [4.78, 5) is 46.3. The summed E-state index contributed by atoms with van der Waals surface area (Å²) in [7, 11) is 0. The minimum absolute atomic E-state index is 0.0182. The van der Waals surface area contributed by atoms with E-state index in [1.54, 1.807) is 12.2 Å². The van der Waals surface area contributed by atoms with Gasteiger partial charge >= 0.3 is 24.2 Å². The van der Waals surface area contributed by atoms with Gasteiger partial charge in [0.15, 0.2) is 12.2 Å². The highest BCUT2D eigenvalue weighted by molar-refractivity contribution is 5.82. The first-order valence-electron chi connectivity index (χ1n) is 8.18. The number of allylic oxidation sites excluding steroid dienone is 2. The minimum Gasteiger partial charge on any atom is -0.461 e. The van der Waals surface area contributed by atoms with Crippen LogP contribution in [0, 0.1) is 11.8 Å². The number of carbonyl (C=O) groups excluding carboxylic acids is 4. The van der Waals surface area contributed by atoms with Crippen LogP contribution in [0.3, 0.4) is 0 Å². The van der Waals surface area contributed by atoms with Crippen molar-refractivity contribution in [1.29, 1.82) is 0 Å². The van der Waals surface area contributed by atoms with Crippen LogP contribution in [0.4, 0.5) is 9.59 Å². The van der Waals surface area contributed by atoms with Gasteiger partial charge in [0.05, 0.1) is 11.8 Å². The molecular formula is C16H18O10. The van der Waals surface area contributed by atoms with Crippen LogP contribution in [0.5, 0.6) is 0 Å². The van der Waals surface area contributed by atoms with Crippen LogP contribution in [0.2, 0.25) is 0 Å². The van der Waals surface area contributed by atoms with E-state index in [9.17, 15) is 19.2 Å². The molecule has 4 unspecified atom stereocenters. The van der Waals surface area contributed by atoms with E-state index in [1.807, 2.05) is 0 Å². The Balaban J connectivity index is 1.49. The summed E-state index contributed by atoms with van der Waals surface area (Å²) in [6, 6.07) is 0. The average molecular weight is 370 g/mol. The number of carbonyl (C=O) groups is 4. The monoisotopic (exact) mass is 370 g/mol. The molecule has 3 rings (SSSR count). The topological polar surface area (TPSA) is 124 Å². The first-order chi connectivity index (χ1) is 12.5. The zero-order chi connectivity index (χ0) is 18.5. The number of ether oxygens (including phenoxy) is 6. The molecule has 0 aromatic heterocycles. The van der Waals surface area contributed by atoms with Gasteiger partial charge in [-0.25, -0.2) is 9.59 Å². The van der Waals surface area contributed by atoms with Crippen molar-refractivity contribution in [2.24, 2.45) is 11.8 Å². The predicted molar refractivity (Wildman–Crippen MR) is 79.7 cm³/mol. The molecule has 2 heterocycles. The lowest BCUT2D eigenvalue weighted by atomic mass is 9.83. The van der Waals surface area contributed by atoms with Gasteiger partial charge < -0.3 is 28.4 Å². The highest BCUT2D eigenvalue weighted by Crippen LogP contribution is 2.28. The van der Waals surface area contributed by atoms with E-state index < -0.39 is 48.3 Å². The SMILES string of the molecule is O=C1OCC(COC(=O)C2CC=CCC2C(=O)OCC2COC(=O)O2)O1. The van der Waals surface area contributed by atoms with Gasteiger partial charge in [0.25, 0.3) is 0 Å². The fraction of sp³-hybridized carbons (Fsp3) is 0.625. The third-order valence-electron chi connectivity index (χ3n) is 4.16. The lowest BCUT2D eigenvalue weighted by Crippen LogP contribution is -2.36. The van der Waals surface area contributed by atoms with E-state index >= 15 is 0 Å². The Morgan fingerprint density at radius 1 is 0.846 bits per heavy atom. The number of rotatable bonds is 6. The molecule has 1 aliphatic carbocycles. The molecule has 0 amide bonds. The smallest absolute Gasteiger partial charge is 0.461 e. The number of hydrogen-bond acceptors (Lipinski definition) is 10. The van der Waals surface area contributed by atoms with E-state index in [1.165, 1.54) is 0 Å². The van der Waals surface area contributed by atoms with Crippen LogP contribution < -0.4 is 0 Å². The Morgan fingerprint density at radius 3 is 1.62 bits per heavy atom. The second kappa shape index (κ2) is 8.07. The quantitative estimate of drug-likeness (QED) is 0.375. The lowest BCUT2D eigenvalue weighted by Gasteiger charge is -2.25. The van der Waals surface area contributed by atoms with E-state index in [2.05, 4.69) is 9.47 Å². The number of hydrogen-bond donors (Lipinski definition) is 0. The summed E-state index contributed by atoms with van der Waals surface area (Å²) in [6.07, 6.45) is 1.36. The van der Waals surface area contributed by atoms with Gasteiger partial charge in [0, 0.05) is 0 Å². The van der Waals surface area contributed by atoms with Crippen LogP contribution >= 0.6 is 0 Å². The van der Waals surface area contributed by atoms with Crippen molar-refractivity contribution in [3.8, 4) is 0 Å². The van der Waals surface area contributed by atoms with Crippen molar-refractivity contribution in [3.63, 3.8) is 0 Å². The zero-order valence-electron chi connectivity index (χ0n) is 13.8. The second-order valence-corrected chi connectivity index (χ2v) is 6.02. The van der Waals surface area contributed by atoms with Crippen molar-refractivity contribution in [2.45, 2.75) is 25.0 Å². The highest BCUT2D eigenvalue weighted by Gasteiger charge is 2.38. The fourth-order valence-electron chi connectivity index (χ4n) is 2.79. The molecule has 2 aliphatic heterocycles. The summed E-state index contributed by atoms with van der Waals surface area (Å²) >= 11 is 0. The maximum atomic E-state index is 12.3. The molecule has 4 atom stereocenters. The molecule has 2 saturated heterocycles. The largest absolute Gasteiger partial charge is 0.508 e. The van der Waals surface area contributed by atoms with Crippen LogP contribution in [0.25, 0.3) is 0 Å². The standard InChI is InChI=1S/C16H18O10/c17-13(21-5-9-7-23-15(19)25-9)11-3-1-2-4-12(11)14(18)22-6-10-8-24-16(20)26-10/h1-2,9-12H,3-8H2. The van der Waals surface area contributed by atoms with E-state index in [4.69, 9.17) is 18.9 Å². The second-order valence-electron chi connectivity index (χ2n) is 6.02. The molecule has 0 bridgehead atoms. The van der Waals surface area contributed by atoms with Gasteiger partial charge in [-0.3, -0.25) is 9.59 Å². The number of esters is 2. The van der Waals surface area contributed by atoms with Gasteiger partial charge in [0.1, 0.15) is 26.4 Å². The molecule has 0 aromatic rings. The van der Waals surface area contributed by atoms with Crippen LogP contribution in [0.1, 0.15) is 12.8 Å². The molecule has 0 saturated carbocycles. The Bertz CT molecular complexity index is 560. The minimum atomic E-state index is -0.801. The molecule has 0 spiro atoms. The van der Waals surface area contributed by atoms with Crippen molar-refractivity contribution < 1.29 is 47.6 Å². The third kappa shape index (κ3) is 4.44. The van der Waals surface area contributed by atoms with Gasteiger partial charge in [-0.1, -0.05) is 12.2 Å². The van der Waals surface area contributed by atoms with Gasteiger partial charge in [-0.05, 0) is 12.8 Å². The molecule has 10 nitrogen and oxygen atoms in total. The summed E-state index contributed by atoms with van der Waals surface area (Å²) in [6.45, 7) is -0.238. The Morgan fingerprint density at radius 2 is 1.27 bits per heavy atom. The zero-order valence-corrected chi connectivity index (χ0v) is 13.8. The summed E-state index contributed by atoms with van der Waals surface area (Å²) < 4.78 is 29.1. The maximum Gasteiger partial charge on any atom is 0.508 e. The Labute approximate surface area is 148 Å². The van der Waals surface area contributed by atoms with Crippen molar-refractivity contribution in [1.82, 2.24) is 0 Å². The first-order valence-corrected chi connectivity index (χ1v) is 8.18. The Kier molecular flexibility index (Phi) is 5.59. The van der Waals surface area contributed by atoms with Crippen LogP contribution in [0.15, 0.2) is 12.2 Å². The van der Waals surface area contributed by atoms with Crippen molar-refractivity contribution >= 4 is 24.2 Å². The molecule has 3 aliphatic rings. The Hall–Kier alpha value is -2.78. The normalized spacial score (nSPS) is 30.0. The molecule has 26 heavy (non-hydrogen) atoms. The van der Waals surface area contributed by atoms with Crippen molar-refractivity contribution in [3.05, 3.63) is 12.2 Å². The van der Waals surface area contributed by atoms with E-state index in [0.717, 1.165) is 0 Å². The van der Waals surface area contributed by atoms with E-state index in [-0.39, 0.29) is 26.4 Å². The maximum absolute atomic E-state index is 12.3. The van der Waals surface area contributed by atoms with Crippen LogP contribution in [-0.4, -0.2) is 62.9 Å². The first kappa shape index (κ1) is 18.0. The molecular weight excluding hydrogens is 352 g/mol. The van der Waals surface area contributed by atoms with Crippen LogP contribution in [-0.2, 0) is 38.0 Å². The fourth-order valence-corrected chi connectivity index (χ4v) is 2.79. The van der Waals surface area contributed by atoms with Crippen molar-refractivity contribution in [2.75, 3.05) is 26.4 Å². The average Bonchev–Trinajstić information content (AvgIpc) is 3.25. The third-order valence-corrected chi connectivity index (χ3v) is 4.16. The molecule has 0 aromatic carbocycles. The highest BCUT2D eigenvalue weighted by atomic mass is 16.8. The van der Waals surface area contributed by atoms with Gasteiger partial charge in [0.2, 0.25) is 0 Å². The van der Waals surface area contributed by atoms with Gasteiger partial charge in [-0.2, -0.15) is 0 Å². The summed E-state index contributed by atoms with van der Waals surface area (Å²) in [5, 5.41) is 0. The summed E-state index contributed by atoms with van der Waals surface area (Å²) in [5.74, 6) is -2.55. The summed E-state index contributed by atoms with van der Waals surface area (Å²) in [5.41, 5.74) is 0. The number of cyclic esters (lactones) is 4. The van der Waals surface area contributed by atoms with Gasteiger partial charge in [-0.15, -0.1) is 0 Å². The molecule has 2 fully saturated rings. The molecule has 0 radical (unpaired) electrons. The van der Waals surface area contributed by atoms with E-state index in [0.29, 0.717) is 12.8 Å². The lowest BCUT2D eigenvalue weighted by molar-refractivity contribution is -0.163.